The summed E-state index contributed by atoms with van der Waals surface area (Å²) in [5.74, 6) is -0.449. The van der Waals surface area contributed by atoms with Crippen LogP contribution in [-0.2, 0) is 10.0 Å². The molecule has 4 nitrogen and oxygen atoms in total. The van der Waals surface area contributed by atoms with E-state index in [1.165, 1.54) is 12.1 Å². The molecule has 0 radical (unpaired) electrons. The summed E-state index contributed by atoms with van der Waals surface area (Å²) in [6.45, 7) is 5.13. The Hall–Kier alpha value is -0.980. The molecule has 0 fully saturated rings. The molecule has 0 heterocycles. The van der Waals surface area contributed by atoms with Gasteiger partial charge >= 0.3 is 0 Å². The first-order chi connectivity index (χ1) is 8.22. The van der Waals surface area contributed by atoms with Crippen molar-refractivity contribution < 1.29 is 12.8 Å². The van der Waals surface area contributed by atoms with Crippen LogP contribution in [0.2, 0.25) is 0 Å². The molecule has 18 heavy (non-hydrogen) atoms. The summed E-state index contributed by atoms with van der Waals surface area (Å²) in [5, 5.41) is 0. The molecule has 0 spiro atoms. The van der Waals surface area contributed by atoms with Crippen LogP contribution in [0.5, 0.6) is 0 Å². The number of benzene rings is 1. The van der Waals surface area contributed by atoms with Crippen molar-refractivity contribution in [2.75, 3.05) is 0 Å². The maximum atomic E-state index is 12.9. The first kappa shape index (κ1) is 15.1. The normalized spacial score (nSPS) is 15.4. The van der Waals surface area contributed by atoms with Crippen LogP contribution in [0.3, 0.4) is 0 Å². The minimum atomic E-state index is -3.62. The molecular formula is C12H19FN2O2S. The van der Waals surface area contributed by atoms with Crippen LogP contribution in [0, 0.1) is 12.7 Å². The van der Waals surface area contributed by atoms with Crippen LogP contribution >= 0.6 is 0 Å². The Bertz CT molecular complexity index is 515. The van der Waals surface area contributed by atoms with Gasteiger partial charge in [0.05, 0.1) is 4.90 Å². The Morgan fingerprint density at radius 3 is 2.50 bits per heavy atom. The average Bonchev–Trinajstić information content (AvgIpc) is 2.13. The lowest BCUT2D eigenvalue weighted by Gasteiger charge is -2.17. The largest absolute Gasteiger partial charge is 0.328 e. The molecule has 1 aromatic carbocycles. The third kappa shape index (κ3) is 4.04. The lowest BCUT2D eigenvalue weighted by Crippen LogP contribution is -2.36. The number of sulfonamides is 1. The lowest BCUT2D eigenvalue weighted by atomic mass is 10.1. The van der Waals surface area contributed by atoms with Gasteiger partial charge in [-0.3, -0.25) is 0 Å². The Labute approximate surface area is 107 Å². The molecule has 102 valence electrons. The highest BCUT2D eigenvalue weighted by atomic mass is 32.2. The molecule has 0 aliphatic heterocycles. The second kappa shape index (κ2) is 5.77. The summed E-state index contributed by atoms with van der Waals surface area (Å²) in [5.41, 5.74) is 6.00. The smallest absolute Gasteiger partial charge is 0.241 e. The summed E-state index contributed by atoms with van der Waals surface area (Å²) in [4.78, 5) is 0.0976. The molecule has 2 atom stereocenters. The monoisotopic (exact) mass is 274 g/mol. The van der Waals surface area contributed by atoms with Gasteiger partial charge in [0.25, 0.3) is 0 Å². The molecule has 0 saturated heterocycles. The van der Waals surface area contributed by atoms with Gasteiger partial charge in [-0.25, -0.2) is 17.5 Å². The number of hydrogen-bond donors (Lipinski definition) is 2. The van der Waals surface area contributed by atoms with Crippen LogP contribution in [0.25, 0.3) is 0 Å². The first-order valence-corrected chi connectivity index (χ1v) is 7.24. The van der Waals surface area contributed by atoms with Gasteiger partial charge in [0.1, 0.15) is 5.82 Å². The topological polar surface area (TPSA) is 72.2 Å². The van der Waals surface area contributed by atoms with Gasteiger partial charge < -0.3 is 5.73 Å². The minimum Gasteiger partial charge on any atom is -0.328 e. The van der Waals surface area contributed by atoms with E-state index in [0.717, 1.165) is 6.07 Å². The summed E-state index contributed by atoms with van der Waals surface area (Å²) < 4.78 is 39.6. The van der Waals surface area contributed by atoms with Crippen molar-refractivity contribution in [3.05, 3.63) is 29.6 Å². The van der Waals surface area contributed by atoms with Crippen molar-refractivity contribution in [3.63, 3.8) is 0 Å². The maximum Gasteiger partial charge on any atom is 0.241 e. The third-order valence-corrected chi connectivity index (χ3v) is 4.26. The van der Waals surface area contributed by atoms with Crippen LogP contribution in [0.1, 0.15) is 25.8 Å². The van der Waals surface area contributed by atoms with Crippen LogP contribution in [-0.4, -0.2) is 20.5 Å². The van der Waals surface area contributed by atoms with E-state index in [1.54, 1.807) is 13.8 Å². The van der Waals surface area contributed by atoms with Crippen LogP contribution in [0.4, 0.5) is 4.39 Å². The lowest BCUT2D eigenvalue weighted by molar-refractivity contribution is 0.519. The minimum absolute atomic E-state index is 0.0861. The number of nitrogens with one attached hydrogen (secondary N) is 1. The van der Waals surface area contributed by atoms with Gasteiger partial charge in [-0.1, -0.05) is 0 Å². The molecular weight excluding hydrogens is 255 g/mol. The molecule has 0 bridgehead atoms. The Kier molecular flexibility index (Phi) is 4.84. The number of hydrogen-bond acceptors (Lipinski definition) is 3. The third-order valence-electron chi connectivity index (χ3n) is 2.51. The molecule has 3 N–H and O–H groups in total. The zero-order valence-electron chi connectivity index (χ0n) is 10.8. The second-order valence-electron chi connectivity index (χ2n) is 4.65. The van der Waals surface area contributed by atoms with E-state index in [1.807, 2.05) is 6.92 Å². The van der Waals surface area contributed by atoms with E-state index in [4.69, 9.17) is 5.73 Å². The predicted octanol–water partition coefficient (Wildman–Crippen LogP) is 1.54. The molecule has 1 aromatic rings. The highest BCUT2D eigenvalue weighted by molar-refractivity contribution is 7.89. The zero-order valence-corrected chi connectivity index (χ0v) is 11.6. The van der Waals surface area contributed by atoms with E-state index in [0.29, 0.717) is 12.0 Å². The van der Waals surface area contributed by atoms with Crippen LogP contribution in [0.15, 0.2) is 23.1 Å². The molecule has 0 aliphatic rings. The zero-order chi connectivity index (χ0) is 13.9. The van der Waals surface area contributed by atoms with Crippen molar-refractivity contribution in [2.45, 2.75) is 44.2 Å². The van der Waals surface area contributed by atoms with Gasteiger partial charge in [0, 0.05) is 12.1 Å². The predicted molar refractivity (Wildman–Crippen MR) is 69.2 cm³/mol. The van der Waals surface area contributed by atoms with Gasteiger partial charge in [-0.15, -0.1) is 0 Å². The molecule has 2 unspecified atom stereocenters. The van der Waals surface area contributed by atoms with E-state index >= 15 is 0 Å². The SMILES string of the molecule is Cc1cc(F)ccc1S(=O)(=O)NC(C)CC(C)N. The summed E-state index contributed by atoms with van der Waals surface area (Å²) in [6, 6.07) is 3.25. The molecule has 0 saturated carbocycles. The van der Waals surface area contributed by atoms with Crippen molar-refractivity contribution in [1.82, 2.24) is 4.72 Å². The van der Waals surface area contributed by atoms with Crippen molar-refractivity contribution in [3.8, 4) is 0 Å². The standard InChI is InChI=1S/C12H19FN2O2S/c1-8-6-11(13)4-5-12(8)18(16,17)15-10(3)7-9(2)14/h4-6,9-10,15H,7,14H2,1-3H3. The molecule has 1 rings (SSSR count). The van der Waals surface area contributed by atoms with Gasteiger partial charge in [0.15, 0.2) is 0 Å². The van der Waals surface area contributed by atoms with E-state index in [-0.39, 0.29) is 17.0 Å². The second-order valence-corrected chi connectivity index (χ2v) is 6.33. The fourth-order valence-corrected chi connectivity index (χ4v) is 3.33. The first-order valence-electron chi connectivity index (χ1n) is 5.76. The molecule has 6 heteroatoms. The highest BCUT2D eigenvalue weighted by Gasteiger charge is 2.20. The number of rotatable bonds is 5. The van der Waals surface area contributed by atoms with Crippen molar-refractivity contribution in [1.29, 1.82) is 0 Å². The van der Waals surface area contributed by atoms with Crippen molar-refractivity contribution in [2.24, 2.45) is 5.73 Å². The highest BCUT2D eigenvalue weighted by Crippen LogP contribution is 2.16. The summed E-state index contributed by atoms with van der Waals surface area (Å²) in [6.07, 6.45) is 0.541. The average molecular weight is 274 g/mol. The number of halogens is 1. The van der Waals surface area contributed by atoms with Gasteiger partial charge in [-0.2, -0.15) is 0 Å². The number of nitrogens with two attached hydrogens (primary N) is 1. The number of aryl methyl sites for hydroxylation is 1. The molecule has 0 aromatic heterocycles. The van der Waals surface area contributed by atoms with Crippen LogP contribution < -0.4 is 10.5 Å². The fourth-order valence-electron chi connectivity index (χ4n) is 1.85. The fraction of sp³-hybridized carbons (Fsp3) is 0.500. The Balaban J connectivity index is 2.93. The van der Waals surface area contributed by atoms with Gasteiger partial charge in [-0.05, 0) is 51.0 Å². The van der Waals surface area contributed by atoms with E-state index in [9.17, 15) is 12.8 Å². The van der Waals surface area contributed by atoms with E-state index in [2.05, 4.69) is 4.72 Å². The summed E-state index contributed by atoms with van der Waals surface area (Å²) >= 11 is 0. The van der Waals surface area contributed by atoms with E-state index < -0.39 is 15.8 Å². The molecule has 0 aliphatic carbocycles. The Morgan fingerprint density at radius 1 is 1.39 bits per heavy atom. The summed E-state index contributed by atoms with van der Waals surface area (Å²) in [7, 11) is -3.62. The van der Waals surface area contributed by atoms with Crippen molar-refractivity contribution >= 4 is 10.0 Å². The quantitative estimate of drug-likeness (QED) is 0.855. The molecule has 0 amide bonds. The van der Waals surface area contributed by atoms with Gasteiger partial charge in [0.2, 0.25) is 10.0 Å². The maximum absolute atomic E-state index is 12.9. The Morgan fingerprint density at radius 2 is 2.00 bits per heavy atom.